The second kappa shape index (κ2) is 11.1. The first-order valence-corrected chi connectivity index (χ1v) is 8.78. The number of nitrogens with zero attached hydrogens (tertiary/aromatic N) is 2. The first kappa shape index (κ1) is 20.5. The zero-order valence-corrected chi connectivity index (χ0v) is 16.8. The number of guanidine groups is 1. The maximum atomic E-state index is 11.2. The summed E-state index contributed by atoms with van der Waals surface area (Å²) in [5, 5.41) is 9.69. The zero-order valence-electron chi connectivity index (χ0n) is 14.4. The van der Waals surface area contributed by atoms with E-state index in [1.54, 1.807) is 0 Å². The van der Waals surface area contributed by atoms with Gasteiger partial charge in [0.2, 0.25) is 5.91 Å². The summed E-state index contributed by atoms with van der Waals surface area (Å²) in [4.78, 5) is 18.6. The van der Waals surface area contributed by atoms with E-state index in [4.69, 9.17) is 4.99 Å². The molecular formula is C16H32IN5O. The fourth-order valence-corrected chi connectivity index (χ4v) is 3.25. The van der Waals surface area contributed by atoms with E-state index in [2.05, 4.69) is 34.7 Å². The zero-order chi connectivity index (χ0) is 15.8. The Morgan fingerprint density at radius 1 is 1.35 bits per heavy atom. The average molecular weight is 437 g/mol. The maximum Gasteiger partial charge on any atom is 0.220 e. The van der Waals surface area contributed by atoms with Crippen LogP contribution in [0.3, 0.4) is 0 Å². The van der Waals surface area contributed by atoms with Crippen molar-refractivity contribution in [2.75, 3.05) is 32.7 Å². The molecule has 2 unspecified atom stereocenters. The van der Waals surface area contributed by atoms with Gasteiger partial charge in [0, 0.05) is 31.6 Å². The van der Waals surface area contributed by atoms with Crippen LogP contribution in [0.25, 0.3) is 0 Å². The van der Waals surface area contributed by atoms with Crippen molar-refractivity contribution in [3.05, 3.63) is 0 Å². The van der Waals surface area contributed by atoms with Gasteiger partial charge in [-0.05, 0) is 39.3 Å². The lowest BCUT2D eigenvalue weighted by Gasteiger charge is -2.34. The average Bonchev–Trinajstić information content (AvgIpc) is 2.55. The second-order valence-electron chi connectivity index (χ2n) is 6.18. The van der Waals surface area contributed by atoms with E-state index in [1.165, 1.54) is 25.8 Å². The molecule has 0 saturated carbocycles. The molecule has 0 spiro atoms. The lowest BCUT2D eigenvalue weighted by atomic mass is 10.0. The van der Waals surface area contributed by atoms with Gasteiger partial charge in [0.1, 0.15) is 0 Å². The normalized spacial score (nSPS) is 26.2. The van der Waals surface area contributed by atoms with Gasteiger partial charge < -0.3 is 16.0 Å². The molecule has 23 heavy (non-hydrogen) atoms. The molecule has 2 rings (SSSR count). The Morgan fingerprint density at radius 2 is 2.17 bits per heavy atom. The monoisotopic (exact) mass is 437 g/mol. The fourth-order valence-electron chi connectivity index (χ4n) is 3.25. The molecule has 6 nitrogen and oxygen atoms in total. The quantitative estimate of drug-likeness (QED) is 0.345. The van der Waals surface area contributed by atoms with Crippen molar-refractivity contribution in [3.63, 3.8) is 0 Å². The SMILES string of the molecule is CCNC(=NCC1CCCCN1CC)NC1CCC(=O)NC1.I. The minimum atomic E-state index is 0. The van der Waals surface area contributed by atoms with Crippen LogP contribution in [-0.4, -0.2) is 61.6 Å². The van der Waals surface area contributed by atoms with Gasteiger partial charge in [0.15, 0.2) is 5.96 Å². The molecule has 2 aliphatic heterocycles. The number of hydrogen-bond donors (Lipinski definition) is 3. The Balaban J connectivity index is 0.00000264. The molecule has 2 saturated heterocycles. The van der Waals surface area contributed by atoms with E-state index < -0.39 is 0 Å². The molecule has 0 radical (unpaired) electrons. The fraction of sp³-hybridized carbons (Fsp3) is 0.875. The van der Waals surface area contributed by atoms with Crippen LogP contribution in [0.15, 0.2) is 4.99 Å². The molecule has 0 aromatic carbocycles. The maximum absolute atomic E-state index is 11.2. The molecule has 134 valence electrons. The third-order valence-corrected chi connectivity index (χ3v) is 4.57. The molecular weight excluding hydrogens is 405 g/mol. The van der Waals surface area contributed by atoms with E-state index in [0.717, 1.165) is 32.0 Å². The van der Waals surface area contributed by atoms with Gasteiger partial charge in [-0.2, -0.15) is 0 Å². The Labute approximate surface area is 157 Å². The van der Waals surface area contributed by atoms with Crippen molar-refractivity contribution in [1.82, 2.24) is 20.9 Å². The molecule has 0 aromatic heterocycles. The van der Waals surface area contributed by atoms with Crippen LogP contribution >= 0.6 is 24.0 Å². The number of likely N-dealkylation sites (tertiary alicyclic amines) is 1. The van der Waals surface area contributed by atoms with Crippen molar-refractivity contribution in [1.29, 1.82) is 0 Å². The van der Waals surface area contributed by atoms with Gasteiger partial charge in [-0.25, -0.2) is 0 Å². The van der Waals surface area contributed by atoms with Crippen LogP contribution in [0.1, 0.15) is 46.0 Å². The van der Waals surface area contributed by atoms with Crippen LogP contribution in [0, 0.1) is 0 Å². The summed E-state index contributed by atoms with van der Waals surface area (Å²) in [5.74, 6) is 1.03. The lowest BCUT2D eigenvalue weighted by molar-refractivity contribution is -0.122. The van der Waals surface area contributed by atoms with E-state index in [1.807, 2.05) is 0 Å². The number of carbonyl (C=O) groups is 1. The summed E-state index contributed by atoms with van der Waals surface area (Å²) in [6.07, 6.45) is 5.35. The predicted molar refractivity (Wildman–Crippen MR) is 105 cm³/mol. The highest BCUT2D eigenvalue weighted by molar-refractivity contribution is 14.0. The van der Waals surface area contributed by atoms with Crippen molar-refractivity contribution in [2.45, 2.75) is 58.0 Å². The summed E-state index contributed by atoms with van der Waals surface area (Å²) in [6, 6.07) is 0.851. The van der Waals surface area contributed by atoms with E-state index in [9.17, 15) is 4.79 Å². The van der Waals surface area contributed by atoms with Crippen molar-refractivity contribution in [2.24, 2.45) is 4.99 Å². The number of likely N-dealkylation sites (N-methyl/N-ethyl adjacent to an activating group) is 1. The number of hydrogen-bond acceptors (Lipinski definition) is 3. The summed E-state index contributed by atoms with van der Waals surface area (Å²) < 4.78 is 0. The molecule has 0 bridgehead atoms. The van der Waals surface area contributed by atoms with E-state index >= 15 is 0 Å². The first-order valence-electron chi connectivity index (χ1n) is 8.78. The smallest absolute Gasteiger partial charge is 0.220 e. The van der Waals surface area contributed by atoms with E-state index in [-0.39, 0.29) is 35.9 Å². The van der Waals surface area contributed by atoms with Crippen LogP contribution in [0.5, 0.6) is 0 Å². The molecule has 1 amide bonds. The third kappa shape index (κ3) is 6.82. The molecule has 7 heteroatoms. The summed E-state index contributed by atoms with van der Waals surface area (Å²) in [5.41, 5.74) is 0. The molecule has 0 aromatic rings. The number of amides is 1. The predicted octanol–water partition coefficient (Wildman–Crippen LogP) is 1.31. The summed E-state index contributed by atoms with van der Waals surface area (Å²) in [7, 11) is 0. The number of halogens is 1. The van der Waals surface area contributed by atoms with Gasteiger partial charge in [-0.15, -0.1) is 24.0 Å². The highest BCUT2D eigenvalue weighted by atomic mass is 127. The number of aliphatic imine (C=N–C) groups is 1. The van der Waals surface area contributed by atoms with Gasteiger partial charge in [0.05, 0.1) is 6.54 Å². The standard InChI is InChI=1S/C16H31N5O.HI/c1-3-17-16(20-13-8-9-15(22)18-11-13)19-12-14-7-5-6-10-21(14)4-2;/h13-14H,3-12H2,1-2H3,(H,18,22)(H2,17,19,20);1H. The Kier molecular flexibility index (Phi) is 9.85. The molecule has 2 heterocycles. The van der Waals surface area contributed by atoms with Crippen LogP contribution in [0.4, 0.5) is 0 Å². The Hall–Kier alpha value is -0.570. The third-order valence-electron chi connectivity index (χ3n) is 4.57. The number of carbonyl (C=O) groups excluding carboxylic acids is 1. The largest absolute Gasteiger partial charge is 0.357 e. The first-order chi connectivity index (χ1) is 10.7. The highest BCUT2D eigenvalue weighted by Gasteiger charge is 2.22. The summed E-state index contributed by atoms with van der Waals surface area (Å²) in [6.45, 7) is 9.02. The number of piperidine rings is 2. The lowest BCUT2D eigenvalue weighted by Crippen LogP contribution is -2.51. The van der Waals surface area contributed by atoms with Gasteiger partial charge in [-0.1, -0.05) is 13.3 Å². The second-order valence-corrected chi connectivity index (χ2v) is 6.18. The van der Waals surface area contributed by atoms with Crippen molar-refractivity contribution in [3.8, 4) is 0 Å². The van der Waals surface area contributed by atoms with Crippen LogP contribution < -0.4 is 16.0 Å². The van der Waals surface area contributed by atoms with Crippen LogP contribution in [-0.2, 0) is 4.79 Å². The van der Waals surface area contributed by atoms with Gasteiger partial charge >= 0.3 is 0 Å². The minimum Gasteiger partial charge on any atom is -0.357 e. The van der Waals surface area contributed by atoms with Crippen molar-refractivity contribution >= 4 is 35.8 Å². The number of rotatable bonds is 5. The molecule has 2 atom stereocenters. The topological polar surface area (TPSA) is 68.8 Å². The van der Waals surface area contributed by atoms with E-state index in [0.29, 0.717) is 19.0 Å². The van der Waals surface area contributed by atoms with Gasteiger partial charge in [0.25, 0.3) is 0 Å². The minimum absolute atomic E-state index is 0. The highest BCUT2D eigenvalue weighted by Crippen LogP contribution is 2.16. The van der Waals surface area contributed by atoms with Crippen LogP contribution in [0.2, 0.25) is 0 Å². The summed E-state index contributed by atoms with van der Waals surface area (Å²) >= 11 is 0. The molecule has 0 aliphatic carbocycles. The molecule has 2 aliphatic rings. The Morgan fingerprint density at radius 3 is 2.83 bits per heavy atom. The van der Waals surface area contributed by atoms with Gasteiger partial charge in [-0.3, -0.25) is 14.7 Å². The molecule has 2 fully saturated rings. The Bertz CT molecular complexity index is 381. The molecule has 3 N–H and O–H groups in total. The van der Waals surface area contributed by atoms with Crippen molar-refractivity contribution < 1.29 is 4.79 Å². The number of nitrogens with one attached hydrogen (secondary N) is 3.